The predicted molar refractivity (Wildman–Crippen MR) is 244 cm³/mol. The van der Waals surface area contributed by atoms with Crippen molar-refractivity contribution >= 4 is 10.8 Å². The molecule has 6 nitrogen and oxygen atoms in total. The van der Waals surface area contributed by atoms with Crippen molar-refractivity contribution in [3.63, 3.8) is 0 Å². The maximum Gasteiger partial charge on any atom is 0.164 e. The lowest BCUT2D eigenvalue weighted by Crippen LogP contribution is -2.00. The van der Waals surface area contributed by atoms with Gasteiger partial charge in [-0.05, 0) is 59.0 Å². The highest BCUT2D eigenvalue weighted by Gasteiger charge is 2.15. The smallest absolute Gasteiger partial charge is 0.164 e. The topological polar surface area (TPSA) is 77.3 Å². The fourth-order valence-corrected chi connectivity index (χ4v) is 7.34. The number of aromatic nitrogens is 6. The molecule has 0 aliphatic rings. The van der Waals surface area contributed by atoms with Crippen molar-refractivity contribution in [1.29, 1.82) is 0 Å². The van der Waals surface area contributed by atoms with E-state index in [9.17, 15) is 0 Å². The fourth-order valence-electron chi connectivity index (χ4n) is 7.34. The number of benzene rings is 8. The summed E-state index contributed by atoms with van der Waals surface area (Å²) in [6, 6.07) is 66.9. The van der Waals surface area contributed by atoms with Crippen LogP contribution in [0.5, 0.6) is 0 Å². The van der Waals surface area contributed by atoms with Gasteiger partial charge >= 0.3 is 0 Å². The molecule has 0 amide bonds. The van der Waals surface area contributed by atoms with Gasteiger partial charge in [-0.1, -0.05) is 193 Å². The number of aryl methyl sites for hydroxylation is 2. The van der Waals surface area contributed by atoms with Crippen LogP contribution in [0.15, 0.2) is 194 Å². The zero-order valence-corrected chi connectivity index (χ0v) is 33.2. The molecule has 8 aromatic carbocycles. The Kier molecular flexibility index (Phi) is 9.56. The summed E-state index contributed by atoms with van der Waals surface area (Å²) < 4.78 is 0. The minimum atomic E-state index is 0.638. The number of fused-ring (bicyclic) bond motifs is 1. The van der Waals surface area contributed by atoms with Crippen molar-refractivity contribution in [2.75, 3.05) is 0 Å². The third kappa shape index (κ3) is 7.58. The van der Waals surface area contributed by atoms with Gasteiger partial charge in [0.25, 0.3) is 0 Å². The maximum atomic E-state index is 4.94. The standard InChI is InChI=1S/C54H38N6/c1-35-13-17-42(18-14-35)51-55-49(40-9-5-3-6-10-40)57-53(59-51)44-27-21-37(22-28-44)46-31-25-39-26-32-47(34-48(39)33-46)38-23-29-45(30-24-38)54-58-50(41-11-7-4-8-12-41)56-52(60-54)43-19-15-36(2)16-20-43/h3-34H,1-2H3. The average Bonchev–Trinajstić information content (AvgIpc) is 3.32. The Morgan fingerprint density at radius 2 is 0.467 bits per heavy atom. The van der Waals surface area contributed by atoms with Gasteiger partial charge in [0.2, 0.25) is 0 Å². The van der Waals surface area contributed by atoms with Crippen molar-refractivity contribution in [3.8, 4) is 90.6 Å². The van der Waals surface area contributed by atoms with Crippen molar-refractivity contribution < 1.29 is 0 Å². The van der Waals surface area contributed by atoms with Crippen LogP contribution in [0.1, 0.15) is 11.1 Å². The van der Waals surface area contributed by atoms with Gasteiger partial charge in [-0.15, -0.1) is 0 Å². The van der Waals surface area contributed by atoms with Gasteiger partial charge in [0.15, 0.2) is 34.9 Å². The molecule has 0 saturated heterocycles. The average molecular weight is 771 g/mol. The van der Waals surface area contributed by atoms with Crippen LogP contribution in [0, 0.1) is 13.8 Å². The molecule has 0 bridgehead atoms. The van der Waals surface area contributed by atoms with Crippen LogP contribution in [0.3, 0.4) is 0 Å². The van der Waals surface area contributed by atoms with Crippen molar-refractivity contribution in [1.82, 2.24) is 29.9 Å². The SMILES string of the molecule is Cc1ccc(-c2nc(-c3ccccc3)nc(-c3ccc(-c4ccc5ccc(-c6ccc(-c7nc(-c8ccccc8)nc(-c8ccc(C)cc8)n7)cc6)cc5c4)cc3)n2)cc1. The molecular formula is C54H38N6. The molecule has 60 heavy (non-hydrogen) atoms. The van der Waals surface area contributed by atoms with E-state index in [1.54, 1.807) is 0 Å². The Hall–Kier alpha value is -7.96. The highest BCUT2D eigenvalue weighted by molar-refractivity contribution is 5.91. The van der Waals surface area contributed by atoms with Gasteiger partial charge in [-0.3, -0.25) is 0 Å². The van der Waals surface area contributed by atoms with E-state index in [4.69, 9.17) is 29.9 Å². The molecule has 0 aliphatic carbocycles. The fraction of sp³-hybridized carbons (Fsp3) is 0.0370. The van der Waals surface area contributed by atoms with E-state index in [1.165, 1.54) is 21.9 Å². The molecule has 0 aliphatic heterocycles. The first-order valence-corrected chi connectivity index (χ1v) is 20.0. The first-order chi connectivity index (χ1) is 29.5. The zero-order chi connectivity index (χ0) is 40.4. The van der Waals surface area contributed by atoms with Crippen molar-refractivity contribution in [3.05, 3.63) is 205 Å². The Morgan fingerprint density at radius 1 is 0.217 bits per heavy atom. The molecule has 0 radical (unpaired) electrons. The zero-order valence-electron chi connectivity index (χ0n) is 33.2. The minimum Gasteiger partial charge on any atom is -0.208 e. The first kappa shape index (κ1) is 36.4. The quantitative estimate of drug-likeness (QED) is 0.153. The van der Waals surface area contributed by atoms with Gasteiger partial charge in [0, 0.05) is 33.4 Å². The van der Waals surface area contributed by atoms with Crippen LogP contribution in [0.2, 0.25) is 0 Å². The largest absolute Gasteiger partial charge is 0.208 e. The highest BCUT2D eigenvalue weighted by Crippen LogP contribution is 2.32. The Bertz CT molecular complexity index is 2900. The molecule has 0 fully saturated rings. The Morgan fingerprint density at radius 3 is 0.783 bits per heavy atom. The van der Waals surface area contributed by atoms with Crippen molar-refractivity contribution in [2.45, 2.75) is 13.8 Å². The molecule has 0 N–H and O–H groups in total. The Balaban J connectivity index is 0.939. The van der Waals surface area contributed by atoms with Crippen molar-refractivity contribution in [2.24, 2.45) is 0 Å². The molecule has 0 spiro atoms. The van der Waals surface area contributed by atoms with Crippen LogP contribution < -0.4 is 0 Å². The molecule has 10 rings (SSSR count). The molecule has 0 saturated carbocycles. The van der Waals surface area contributed by atoms with E-state index in [1.807, 2.05) is 60.7 Å². The summed E-state index contributed by atoms with van der Waals surface area (Å²) in [5.74, 6) is 3.87. The molecule has 0 atom stereocenters. The van der Waals surface area contributed by atoms with E-state index in [0.29, 0.717) is 34.9 Å². The van der Waals surface area contributed by atoms with E-state index in [0.717, 1.165) is 55.6 Å². The second-order valence-corrected chi connectivity index (χ2v) is 15.0. The van der Waals surface area contributed by atoms with Gasteiger partial charge in [0.05, 0.1) is 0 Å². The summed E-state index contributed by atoms with van der Waals surface area (Å²) in [5, 5.41) is 2.35. The first-order valence-electron chi connectivity index (χ1n) is 20.0. The lowest BCUT2D eigenvalue weighted by molar-refractivity contribution is 1.07. The van der Waals surface area contributed by atoms with Crippen LogP contribution in [0.25, 0.3) is 101 Å². The summed E-state index contributed by atoms with van der Waals surface area (Å²) in [5.41, 5.74) is 12.5. The van der Waals surface area contributed by atoms with Gasteiger partial charge in [0.1, 0.15) is 0 Å². The summed E-state index contributed by atoms with van der Waals surface area (Å²) in [7, 11) is 0. The third-order valence-corrected chi connectivity index (χ3v) is 10.7. The van der Waals surface area contributed by atoms with E-state index in [-0.39, 0.29) is 0 Å². The normalized spacial score (nSPS) is 11.2. The summed E-state index contributed by atoms with van der Waals surface area (Å²) >= 11 is 0. The van der Waals surface area contributed by atoms with E-state index in [2.05, 4.69) is 147 Å². The third-order valence-electron chi connectivity index (χ3n) is 10.7. The number of hydrogen-bond acceptors (Lipinski definition) is 6. The molecule has 10 aromatic rings. The highest BCUT2D eigenvalue weighted by atomic mass is 15.0. The summed E-state index contributed by atoms with van der Waals surface area (Å²) in [4.78, 5) is 29.5. The lowest BCUT2D eigenvalue weighted by Gasteiger charge is -2.10. The Labute approximate surface area is 349 Å². The van der Waals surface area contributed by atoms with E-state index < -0.39 is 0 Å². The number of hydrogen-bond donors (Lipinski definition) is 0. The molecule has 6 heteroatoms. The predicted octanol–water partition coefficient (Wildman–Crippen LogP) is 13.2. The van der Waals surface area contributed by atoms with Crippen LogP contribution in [-0.4, -0.2) is 29.9 Å². The molecular weight excluding hydrogens is 733 g/mol. The minimum absolute atomic E-state index is 0.638. The second kappa shape index (κ2) is 15.8. The summed E-state index contributed by atoms with van der Waals surface area (Å²) in [6.07, 6.45) is 0. The monoisotopic (exact) mass is 770 g/mol. The van der Waals surface area contributed by atoms with Gasteiger partial charge in [-0.2, -0.15) is 0 Å². The number of nitrogens with zero attached hydrogens (tertiary/aromatic N) is 6. The van der Waals surface area contributed by atoms with Crippen LogP contribution >= 0.6 is 0 Å². The van der Waals surface area contributed by atoms with Gasteiger partial charge < -0.3 is 0 Å². The molecule has 2 heterocycles. The van der Waals surface area contributed by atoms with Crippen LogP contribution in [-0.2, 0) is 0 Å². The summed E-state index contributed by atoms with van der Waals surface area (Å²) in [6.45, 7) is 4.16. The second-order valence-electron chi connectivity index (χ2n) is 15.0. The van der Waals surface area contributed by atoms with E-state index >= 15 is 0 Å². The lowest BCUT2D eigenvalue weighted by atomic mass is 9.96. The maximum absolute atomic E-state index is 4.94. The molecule has 2 aromatic heterocycles. The number of rotatable bonds is 8. The van der Waals surface area contributed by atoms with Gasteiger partial charge in [-0.25, -0.2) is 29.9 Å². The van der Waals surface area contributed by atoms with Crippen LogP contribution in [0.4, 0.5) is 0 Å². The molecule has 284 valence electrons. The molecule has 0 unspecified atom stereocenters.